The fourth-order valence-electron chi connectivity index (χ4n) is 4.69. The smallest absolute Gasteiger partial charge is 0.290 e. The van der Waals surface area contributed by atoms with E-state index in [9.17, 15) is 8.42 Å². The van der Waals surface area contributed by atoms with Crippen molar-refractivity contribution in [2.75, 3.05) is 18.4 Å². The zero-order valence-electron chi connectivity index (χ0n) is 20.0. The van der Waals surface area contributed by atoms with Crippen LogP contribution >= 0.6 is 0 Å². The third-order valence-electron chi connectivity index (χ3n) is 6.70. The number of hydrazine groups is 1. The topological polar surface area (TPSA) is 131 Å². The number of nitriles is 1. The largest absolute Gasteiger partial charge is 0.379 e. The SMILES string of the molecule is Cc1cccc(NC2(C)CCN(N(Cc3cnc[nH]3)S(N)(=O)=O)CC2Cc2ccc(C#N)cc2)c1. The van der Waals surface area contributed by atoms with Crippen LogP contribution in [0.2, 0.25) is 0 Å². The second-order valence-electron chi connectivity index (χ2n) is 9.39. The lowest BCUT2D eigenvalue weighted by Gasteiger charge is -2.49. The number of nitrogens with zero attached hydrogens (tertiary/aromatic N) is 4. The van der Waals surface area contributed by atoms with Gasteiger partial charge in [-0.3, -0.25) is 0 Å². The molecule has 0 aliphatic carbocycles. The average Bonchev–Trinajstić information content (AvgIpc) is 3.32. The van der Waals surface area contributed by atoms with Gasteiger partial charge in [0.1, 0.15) is 0 Å². The Balaban J connectivity index is 1.63. The molecule has 2 unspecified atom stereocenters. The lowest BCUT2D eigenvalue weighted by atomic mass is 9.76. The van der Waals surface area contributed by atoms with E-state index in [1.165, 1.54) is 16.3 Å². The molecular weight excluding hydrogens is 462 g/mol. The van der Waals surface area contributed by atoms with E-state index < -0.39 is 10.2 Å². The van der Waals surface area contributed by atoms with Crippen molar-refractivity contribution >= 4 is 15.9 Å². The maximum absolute atomic E-state index is 12.6. The molecule has 1 aliphatic heterocycles. The summed E-state index contributed by atoms with van der Waals surface area (Å²) >= 11 is 0. The van der Waals surface area contributed by atoms with Crippen LogP contribution in [-0.4, -0.2) is 46.4 Å². The third-order valence-corrected chi connectivity index (χ3v) is 7.65. The average molecular weight is 494 g/mol. The predicted octanol–water partition coefficient (Wildman–Crippen LogP) is 2.95. The third kappa shape index (κ3) is 6.07. The van der Waals surface area contributed by atoms with Crippen molar-refractivity contribution in [3.63, 3.8) is 0 Å². The van der Waals surface area contributed by atoms with Gasteiger partial charge in [-0.05, 0) is 68.0 Å². The number of benzene rings is 2. The molecule has 3 aromatic rings. The minimum Gasteiger partial charge on any atom is -0.379 e. The quantitative estimate of drug-likeness (QED) is 0.442. The summed E-state index contributed by atoms with van der Waals surface area (Å²) in [5, 5.41) is 20.4. The number of piperidine rings is 1. The maximum atomic E-state index is 12.6. The molecule has 1 aliphatic rings. The van der Waals surface area contributed by atoms with Crippen LogP contribution < -0.4 is 10.5 Å². The standard InChI is InChI=1S/C25H31N7O2S/c1-19-4-3-5-23(12-19)30-25(2)10-11-31(32(35(27,33)34)17-24-15-28-18-29-24)16-22(25)13-20-6-8-21(14-26)9-7-20/h3-9,12,15,18,22,30H,10-11,13,16-17H2,1-2H3,(H,28,29)(H2,27,33,34). The molecule has 1 fully saturated rings. The van der Waals surface area contributed by atoms with Crippen LogP contribution in [0.4, 0.5) is 5.69 Å². The van der Waals surface area contributed by atoms with Crippen LogP contribution in [0.1, 0.15) is 35.7 Å². The van der Waals surface area contributed by atoms with E-state index in [2.05, 4.69) is 53.4 Å². The van der Waals surface area contributed by atoms with Gasteiger partial charge in [0, 0.05) is 30.5 Å². The van der Waals surface area contributed by atoms with Gasteiger partial charge in [0.25, 0.3) is 10.2 Å². The molecule has 0 saturated carbocycles. The number of imidazole rings is 1. The van der Waals surface area contributed by atoms with E-state index in [1.807, 2.05) is 35.3 Å². The number of hydrogen-bond donors (Lipinski definition) is 3. The Morgan fingerprint density at radius 2 is 2.09 bits per heavy atom. The Labute approximate surface area is 206 Å². The summed E-state index contributed by atoms with van der Waals surface area (Å²) in [6.45, 7) is 5.34. The summed E-state index contributed by atoms with van der Waals surface area (Å²) in [7, 11) is -3.99. The number of nitrogens with one attached hydrogen (secondary N) is 2. The summed E-state index contributed by atoms with van der Waals surface area (Å²) in [5.41, 5.74) is 4.26. The highest BCUT2D eigenvalue weighted by molar-refractivity contribution is 7.86. The molecule has 0 radical (unpaired) electrons. The van der Waals surface area contributed by atoms with E-state index >= 15 is 0 Å². The lowest BCUT2D eigenvalue weighted by molar-refractivity contribution is -0.0132. The van der Waals surface area contributed by atoms with Crippen LogP contribution in [0, 0.1) is 24.2 Å². The highest BCUT2D eigenvalue weighted by Gasteiger charge is 2.42. The van der Waals surface area contributed by atoms with E-state index in [0.29, 0.717) is 37.2 Å². The van der Waals surface area contributed by atoms with Crippen molar-refractivity contribution in [3.05, 3.63) is 83.4 Å². The zero-order chi connectivity index (χ0) is 25.1. The van der Waals surface area contributed by atoms with Crippen molar-refractivity contribution < 1.29 is 8.42 Å². The molecule has 184 valence electrons. The summed E-state index contributed by atoms with van der Waals surface area (Å²) in [4.78, 5) is 6.95. The van der Waals surface area contributed by atoms with Gasteiger partial charge in [-0.2, -0.15) is 13.7 Å². The molecule has 10 heteroatoms. The molecule has 0 amide bonds. The van der Waals surface area contributed by atoms with E-state index in [-0.39, 0.29) is 18.0 Å². The fourth-order valence-corrected chi connectivity index (χ4v) is 5.48. The molecule has 4 rings (SSSR count). The maximum Gasteiger partial charge on any atom is 0.290 e. The van der Waals surface area contributed by atoms with Crippen molar-refractivity contribution in [1.29, 1.82) is 5.26 Å². The summed E-state index contributed by atoms with van der Waals surface area (Å²) in [6, 6.07) is 18.0. The summed E-state index contributed by atoms with van der Waals surface area (Å²) < 4.78 is 26.4. The first kappa shape index (κ1) is 24.9. The highest BCUT2D eigenvalue weighted by atomic mass is 32.2. The van der Waals surface area contributed by atoms with Gasteiger partial charge in [0.15, 0.2) is 0 Å². The van der Waals surface area contributed by atoms with Gasteiger partial charge >= 0.3 is 0 Å². The molecule has 2 heterocycles. The minimum absolute atomic E-state index is 0.0516. The van der Waals surface area contributed by atoms with Crippen LogP contribution in [0.15, 0.2) is 61.1 Å². The van der Waals surface area contributed by atoms with Gasteiger partial charge in [0.05, 0.1) is 30.2 Å². The van der Waals surface area contributed by atoms with E-state index in [1.54, 1.807) is 6.20 Å². The van der Waals surface area contributed by atoms with Crippen molar-refractivity contribution in [2.45, 2.75) is 38.8 Å². The molecule has 0 spiro atoms. The van der Waals surface area contributed by atoms with Crippen LogP contribution in [-0.2, 0) is 23.2 Å². The second kappa shape index (κ2) is 10.2. The van der Waals surface area contributed by atoms with Gasteiger partial charge in [-0.15, -0.1) is 4.41 Å². The van der Waals surface area contributed by atoms with Crippen molar-refractivity contribution in [3.8, 4) is 6.07 Å². The van der Waals surface area contributed by atoms with Crippen molar-refractivity contribution in [2.24, 2.45) is 11.1 Å². The first-order chi connectivity index (χ1) is 16.7. The highest BCUT2D eigenvalue weighted by Crippen LogP contribution is 2.35. The fraction of sp³-hybridized carbons (Fsp3) is 0.360. The van der Waals surface area contributed by atoms with Crippen LogP contribution in [0.3, 0.4) is 0 Å². The zero-order valence-corrected chi connectivity index (χ0v) is 20.8. The number of aromatic nitrogens is 2. The number of H-pyrrole nitrogens is 1. The van der Waals surface area contributed by atoms with E-state index in [4.69, 9.17) is 10.4 Å². The Morgan fingerprint density at radius 1 is 1.31 bits per heavy atom. The Hall–Kier alpha value is -3.23. The van der Waals surface area contributed by atoms with Crippen LogP contribution in [0.5, 0.6) is 0 Å². The number of nitrogens with two attached hydrogens (primary N) is 1. The second-order valence-corrected chi connectivity index (χ2v) is 10.8. The Bertz CT molecular complexity index is 1290. The minimum atomic E-state index is -3.99. The first-order valence-electron chi connectivity index (χ1n) is 11.5. The molecular formula is C25H31N7O2S. The van der Waals surface area contributed by atoms with Crippen LogP contribution in [0.25, 0.3) is 0 Å². The molecule has 9 nitrogen and oxygen atoms in total. The number of aryl methyl sites for hydroxylation is 1. The molecule has 4 N–H and O–H groups in total. The van der Waals surface area contributed by atoms with Gasteiger partial charge < -0.3 is 10.3 Å². The van der Waals surface area contributed by atoms with Gasteiger partial charge in [-0.25, -0.2) is 15.1 Å². The first-order valence-corrected chi connectivity index (χ1v) is 13.0. The van der Waals surface area contributed by atoms with Crippen molar-refractivity contribution in [1.82, 2.24) is 19.4 Å². The molecule has 0 bridgehead atoms. The molecule has 1 aromatic heterocycles. The van der Waals surface area contributed by atoms with Gasteiger partial charge in [-0.1, -0.05) is 24.3 Å². The lowest BCUT2D eigenvalue weighted by Crippen LogP contribution is -2.60. The Kier molecular flexibility index (Phi) is 7.23. The summed E-state index contributed by atoms with van der Waals surface area (Å²) in [5.74, 6) is 0.0516. The molecule has 35 heavy (non-hydrogen) atoms. The normalized spacial score (nSPS) is 21.1. The number of aromatic amines is 1. The van der Waals surface area contributed by atoms with Gasteiger partial charge in [0.2, 0.25) is 0 Å². The number of hydrogen-bond acceptors (Lipinski definition) is 6. The molecule has 1 saturated heterocycles. The molecule has 2 aromatic carbocycles. The number of anilines is 1. The predicted molar refractivity (Wildman–Crippen MR) is 135 cm³/mol. The number of rotatable bonds is 8. The monoisotopic (exact) mass is 493 g/mol. The summed E-state index contributed by atoms with van der Waals surface area (Å²) in [6.07, 6.45) is 4.53. The van der Waals surface area contributed by atoms with E-state index in [0.717, 1.165) is 11.3 Å². The Morgan fingerprint density at radius 3 is 2.71 bits per heavy atom. The molecule has 2 atom stereocenters.